The maximum absolute atomic E-state index is 11.9. The summed E-state index contributed by atoms with van der Waals surface area (Å²) in [6.07, 6.45) is 4.25. The molecule has 0 fully saturated rings. The van der Waals surface area contributed by atoms with Gasteiger partial charge in [0.15, 0.2) is 0 Å². The Morgan fingerprint density at radius 1 is 1.19 bits per heavy atom. The van der Waals surface area contributed by atoms with Crippen molar-refractivity contribution in [3.8, 4) is 6.07 Å². The van der Waals surface area contributed by atoms with Crippen molar-refractivity contribution >= 4 is 15.8 Å². The smallest absolute Gasteiger partial charge is 0.242 e. The fraction of sp³-hybridized carbons (Fsp3) is 0.154. The Kier molecular flexibility index (Phi) is 4.81. The van der Waals surface area contributed by atoms with E-state index in [0.717, 1.165) is 0 Å². The Morgan fingerprint density at radius 3 is 2.67 bits per heavy atom. The van der Waals surface area contributed by atoms with Gasteiger partial charge in [-0.05, 0) is 24.3 Å². The molecular weight excluding hydrogens is 290 g/mol. The van der Waals surface area contributed by atoms with Crippen LogP contribution < -0.4 is 10.0 Å². The number of sulfonamides is 1. The van der Waals surface area contributed by atoms with Gasteiger partial charge in [-0.1, -0.05) is 0 Å². The third-order valence-corrected chi connectivity index (χ3v) is 4.01. The van der Waals surface area contributed by atoms with Crippen LogP contribution in [0.15, 0.2) is 47.8 Å². The molecule has 0 atom stereocenters. The van der Waals surface area contributed by atoms with E-state index in [1.807, 2.05) is 6.07 Å². The van der Waals surface area contributed by atoms with E-state index in [1.165, 1.54) is 24.7 Å². The largest absolute Gasteiger partial charge is 0.369 e. The molecule has 2 N–H and O–H groups in total. The Morgan fingerprint density at radius 2 is 2.05 bits per heavy atom. The van der Waals surface area contributed by atoms with Gasteiger partial charge in [-0.25, -0.2) is 18.1 Å². The first kappa shape index (κ1) is 14.9. The van der Waals surface area contributed by atoms with E-state index in [2.05, 4.69) is 20.0 Å². The van der Waals surface area contributed by atoms with Crippen molar-refractivity contribution in [2.24, 2.45) is 0 Å². The highest BCUT2D eigenvalue weighted by Crippen LogP contribution is 2.05. The third-order valence-electron chi connectivity index (χ3n) is 2.56. The zero-order valence-electron chi connectivity index (χ0n) is 11.0. The molecule has 2 heterocycles. The lowest BCUT2D eigenvalue weighted by atomic mass is 10.3. The molecule has 108 valence electrons. The maximum atomic E-state index is 11.9. The van der Waals surface area contributed by atoms with Gasteiger partial charge in [-0.3, -0.25) is 4.98 Å². The number of aromatic nitrogens is 2. The average Bonchev–Trinajstić information content (AvgIpc) is 2.53. The zero-order chi connectivity index (χ0) is 15.1. The highest BCUT2D eigenvalue weighted by atomic mass is 32.2. The normalized spacial score (nSPS) is 10.8. The second-order valence-electron chi connectivity index (χ2n) is 4.06. The average molecular weight is 303 g/mol. The third kappa shape index (κ3) is 4.24. The minimum Gasteiger partial charge on any atom is -0.369 e. The van der Waals surface area contributed by atoms with Crippen LogP contribution in [-0.4, -0.2) is 31.5 Å². The Bertz CT molecular complexity index is 723. The van der Waals surface area contributed by atoms with Gasteiger partial charge >= 0.3 is 0 Å². The first-order valence-corrected chi connectivity index (χ1v) is 7.60. The lowest BCUT2D eigenvalue weighted by Crippen LogP contribution is -2.29. The van der Waals surface area contributed by atoms with Crippen LogP contribution in [-0.2, 0) is 10.0 Å². The summed E-state index contributed by atoms with van der Waals surface area (Å²) < 4.78 is 26.3. The number of nitrogens with zero attached hydrogens (tertiary/aromatic N) is 3. The topological polar surface area (TPSA) is 108 Å². The molecule has 0 saturated heterocycles. The number of hydrogen-bond donors (Lipinski definition) is 2. The molecule has 2 aromatic rings. The SMILES string of the molecule is N#Cc1ccc(NCCNS(=O)(=O)c2cccnc2)nc1. The molecule has 0 aliphatic heterocycles. The van der Waals surface area contributed by atoms with Gasteiger partial charge in [0.1, 0.15) is 16.8 Å². The quantitative estimate of drug-likeness (QED) is 0.762. The summed E-state index contributed by atoms with van der Waals surface area (Å²) in [7, 11) is -3.54. The predicted octanol–water partition coefficient (Wildman–Crippen LogP) is 0.739. The molecule has 0 spiro atoms. The highest BCUT2D eigenvalue weighted by Gasteiger charge is 2.12. The lowest BCUT2D eigenvalue weighted by molar-refractivity contribution is 0.582. The van der Waals surface area contributed by atoms with Crippen molar-refractivity contribution in [1.29, 1.82) is 5.26 Å². The molecule has 0 saturated carbocycles. The minimum atomic E-state index is -3.54. The van der Waals surface area contributed by atoms with Gasteiger partial charge in [0.05, 0.1) is 5.56 Å². The van der Waals surface area contributed by atoms with Crippen LogP contribution in [0.2, 0.25) is 0 Å². The molecule has 2 aromatic heterocycles. The van der Waals surface area contributed by atoms with Gasteiger partial charge in [0.2, 0.25) is 10.0 Å². The summed E-state index contributed by atoms with van der Waals surface area (Å²) in [5, 5.41) is 11.6. The van der Waals surface area contributed by atoms with Crippen molar-refractivity contribution in [2.45, 2.75) is 4.90 Å². The van der Waals surface area contributed by atoms with Crippen molar-refractivity contribution < 1.29 is 8.42 Å². The van der Waals surface area contributed by atoms with Crippen LogP contribution in [0.25, 0.3) is 0 Å². The van der Waals surface area contributed by atoms with E-state index in [4.69, 9.17) is 5.26 Å². The first-order chi connectivity index (χ1) is 10.1. The van der Waals surface area contributed by atoms with Crippen molar-refractivity contribution in [3.63, 3.8) is 0 Å². The molecule has 0 radical (unpaired) electrons. The van der Waals surface area contributed by atoms with Crippen molar-refractivity contribution in [2.75, 3.05) is 18.4 Å². The number of hydrogen-bond acceptors (Lipinski definition) is 6. The molecule has 7 nitrogen and oxygen atoms in total. The second kappa shape index (κ2) is 6.78. The predicted molar refractivity (Wildman–Crippen MR) is 76.9 cm³/mol. The van der Waals surface area contributed by atoms with Gasteiger partial charge < -0.3 is 5.32 Å². The van der Waals surface area contributed by atoms with Crippen molar-refractivity contribution in [3.05, 3.63) is 48.4 Å². The molecule has 0 aromatic carbocycles. The molecule has 0 amide bonds. The zero-order valence-corrected chi connectivity index (χ0v) is 11.8. The number of anilines is 1. The summed E-state index contributed by atoms with van der Waals surface area (Å²) >= 11 is 0. The van der Waals surface area contributed by atoms with E-state index in [1.54, 1.807) is 18.2 Å². The lowest BCUT2D eigenvalue weighted by Gasteiger charge is -2.08. The fourth-order valence-electron chi connectivity index (χ4n) is 1.53. The summed E-state index contributed by atoms with van der Waals surface area (Å²) in [5.41, 5.74) is 0.470. The van der Waals surface area contributed by atoms with Crippen LogP contribution in [0.3, 0.4) is 0 Å². The van der Waals surface area contributed by atoms with E-state index in [9.17, 15) is 8.42 Å². The minimum absolute atomic E-state index is 0.126. The molecule has 2 rings (SSSR count). The molecule has 8 heteroatoms. The van der Waals surface area contributed by atoms with Gasteiger partial charge in [0.25, 0.3) is 0 Å². The molecule has 0 unspecified atom stereocenters. The summed E-state index contributed by atoms with van der Waals surface area (Å²) in [5.74, 6) is 0.578. The molecule has 0 bridgehead atoms. The molecule has 0 aliphatic rings. The van der Waals surface area contributed by atoms with E-state index < -0.39 is 10.0 Å². The summed E-state index contributed by atoms with van der Waals surface area (Å²) in [4.78, 5) is 7.92. The monoisotopic (exact) mass is 303 g/mol. The number of nitriles is 1. The number of rotatable bonds is 6. The first-order valence-electron chi connectivity index (χ1n) is 6.11. The van der Waals surface area contributed by atoms with Crippen molar-refractivity contribution in [1.82, 2.24) is 14.7 Å². The van der Waals surface area contributed by atoms with Crippen LogP contribution in [0.1, 0.15) is 5.56 Å². The number of nitrogens with one attached hydrogen (secondary N) is 2. The second-order valence-corrected chi connectivity index (χ2v) is 5.82. The standard InChI is InChI=1S/C13H13N5O2S/c14-8-11-3-4-13(17-9-11)16-6-7-18-21(19,20)12-2-1-5-15-10-12/h1-5,9-10,18H,6-7H2,(H,16,17). The Labute approximate surface area is 122 Å². The Hall–Kier alpha value is -2.50. The summed E-state index contributed by atoms with van der Waals surface area (Å²) in [6.45, 7) is 0.581. The van der Waals surface area contributed by atoms with Crippen LogP contribution >= 0.6 is 0 Å². The van der Waals surface area contributed by atoms with Crippen LogP contribution in [0.4, 0.5) is 5.82 Å². The molecule has 0 aliphatic carbocycles. The van der Waals surface area contributed by atoms with Gasteiger partial charge in [0, 0.05) is 31.7 Å². The van der Waals surface area contributed by atoms with Crippen LogP contribution in [0.5, 0.6) is 0 Å². The maximum Gasteiger partial charge on any atom is 0.242 e. The summed E-state index contributed by atoms with van der Waals surface area (Å²) in [6, 6.07) is 8.31. The fourth-order valence-corrected chi connectivity index (χ4v) is 2.52. The molecular formula is C13H13N5O2S. The van der Waals surface area contributed by atoms with E-state index in [0.29, 0.717) is 17.9 Å². The number of pyridine rings is 2. The Balaban J connectivity index is 1.83. The van der Waals surface area contributed by atoms with E-state index in [-0.39, 0.29) is 11.4 Å². The highest BCUT2D eigenvalue weighted by molar-refractivity contribution is 7.89. The molecule has 21 heavy (non-hydrogen) atoms. The van der Waals surface area contributed by atoms with Crippen LogP contribution in [0, 0.1) is 11.3 Å². The van der Waals surface area contributed by atoms with E-state index >= 15 is 0 Å². The van der Waals surface area contributed by atoms with Gasteiger partial charge in [-0.2, -0.15) is 5.26 Å². The van der Waals surface area contributed by atoms with Gasteiger partial charge in [-0.15, -0.1) is 0 Å².